The zero-order valence-corrected chi connectivity index (χ0v) is 14.5. The van der Waals surface area contributed by atoms with Crippen molar-refractivity contribution in [1.82, 2.24) is 9.62 Å². The summed E-state index contributed by atoms with van der Waals surface area (Å²) in [6, 6.07) is 6.83. The summed E-state index contributed by atoms with van der Waals surface area (Å²) >= 11 is 5.99. The summed E-state index contributed by atoms with van der Waals surface area (Å²) in [7, 11) is -3.47. The first-order chi connectivity index (χ1) is 10.8. The van der Waals surface area contributed by atoms with E-state index < -0.39 is 16.0 Å². The number of nitrogens with zero attached hydrogens (tertiary/aromatic N) is 1. The molecule has 23 heavy (non-hydrogen) atoms. The van der Waals surface area contributed by atoms with Gasteiger partial charge in [-0.25, -0.2) is 13.1 Å². The van der Waals surface area contributed by atoms with Crippen LogP contribution in [-0.4, -0.2) is 49.6 Å². The van der Waals surface area contributed by atoms with Crippen LogP contribution in [0.3, 0.4) is 0 Å². The summed E-state index contributed by atoms with van der Waals surface area (Å²) in [4.78, 5) is 12.6. The Labute approximate surface area is 141 Å². The van der Waals surface area contributed by atoms with Gasteiger partial charge >= 0.3 is 5.97 Å². The molecule has 8 heteroatoms. The van der Waals surface area contributed by atoms with Gasteiger partial charge in [0.25, 0.3) is 0 Å². The van der Waals surface area contributed by atoms with E-state index in [1.807, 2.05) is 11.8 Å². The maximum Gasteiger partial charge on any atom is 0.317 e. The van der Waals surface area contributed by atoms with Gasteiger partial charge in [-0.2, -0.15) is 0 Å². The van der Waals surface area contributed by atoms with Gasteiger partial charge in [0.05, 0.1) is 12.3 Å². The fourth-order valence-electron chi connectivity index (χ4n) is 2.77. The summed E-state index contributed by atoms with van der Waals surface area (Å²) in [5, 5.41) is 9.29. The number of hydrogen-bond acceptors (Lipinski definition) is 4. The first-order valence-electron chi connectivity index (χ1n) is 7.50. The SMILES string of the molecule is CCN(CC(=O)O)C1CC(NS(=O)(=O)Cc2ccccc2Cl)C1. The van der Waals surface area contributed by atoms with Crippen LogP contribution in [0.1, 0.15) is 25.3 Å². The van der Waals surface area contributed by atoms with Gasteiger partial charge < -0.3 is 5.11 Å². The van der Waals surface area contributed by atoms with Crippen LogP contribution < -0.4 is 4.72 Å². The molecule has 2 rings (SSSR count). The molecule has 2 N–H and O–H groups in total. The molecule has 0 amide bonds. The molecule has 1 aliphatic carbocycles. The van der Waals surface area contributed by atoms with Crippen LogP contribution in [0.5, 0.6) is 0 Å². The van der Waals surface area contributed by atoms with Gasteiger partial charge in [0, 0.05) is 17.1 Å². The molecule has 0 saturated heterocycles. The van der Waals surface area contributed by atoms with Crippen LogP contribution in [-0.2, 0) is 20.6 Å². The average Bonchev–Trinajstić information content (AvgIpc) is 2.42. The Bertz CT molecular complexity index is 659. The fourth-order valence-corrected chi connectivity index (χ4v) is 4.50. The number of benzene rings is 1. The largest absolute Gasteiger partial charge is 0.480 e. The normalized spacial score (nSPS) is 21.2. The molecule has 0 unspecified atom stereocenters. The lowest BCUT2D eigenvalue weighted by Gasteiger charge is -2.42. The molecule has 1 fully saturated rings. The maximum absolute atomic E-state index is 12.2. The molecular weight excluding hydrogens is 340 g/mol. The summed E-state index contributed by atoms with van der Waals surface area (Å²) in [5.74, 6) is -1.02. The standard InChI is InChI=1S/C15H21ClN2O4S/c1-2-18(9-15(19)20)13-7-12(8-13)17-23(21,22)10-11-5-3-4-6-14(11)16/h3-6,12-13,17H,2,7-10H2,1H3,(H,19,20). The molecule has 0 aliphatic heterocycles. The summed E-state index contributed by atoms with van der Waals surface area (Å²) in [5.41, 5.74) is 0.568. The highest BCUT2D eigenvalue weighted by Crippen LogP contribution is 2.27. The lowest BCUT2D eigenvalue weighted by molar-refractivity contribution is -0.139. The van der Waals surface area contributed by atoms with Gasteiger partial charge in [0.2, 0.25) is 10.0 Å². The van der Waals surface area contributed by atoms with E-state index in [0.717, 1.165) is 0 Å². The smallest absolute Gasteiger partial charge is 0.317 e. The Balaban J connectivity index is 1.87. The summed E-state index contributed by atoms with van der Waals surface area (Å²) in [6.07, 6.45) is 1.26. The molecule has 1 aromatic rings. The van der Waals surface area contributed by atoms with Crippen LogP contribution in [0, 0.1) is 0 Å². The number of nitrogens with one attached hydrogen (secondary N) is 1. The number of rotatable bonds is 8. The monoisotopic (exact) mass is 360 g/mol. The van der Waals surface area contributed by atoms with Gasteiger partial charge in [-0.15, -0.1) is 0 Å². The van der Waals surface area contributed by atoms with E-state index in [1.54, 1.807) is 24.3 Å². The highest BCUT2D eigenvalue weighted by atomic mass is 35.5. The quantitative estimate of drug-likeness (QED) is 0.736. The first-order valence-corrected chi connectivity index (χ1v) is 9.53. The molecular formula is C15H21ClN2O4S. The van der Waals surface area contributed by atoms with Crippen LogP contribution in [0.4, 0.5) is 0 Å². The molecule has 0 spiro atoms. The topological polar surface area (TPSA) is 86.7 Å². The summed E-state index contributed by atoms with van der Waals surface area (Å²) < 4.78 is 27.1. The molecule has 1 aromatic carbocycles. The Kier molecular flexibility index (Phi) is 6.02. The van der Waals surface area contributed by atoms with E-state index in [1.165, 1.54) is 0 Å². The number of sulfonamides is 1. The van der Waals surface area contributed by atoms with Gasteiger partial charge in [0.1, 0.15) is 0 Å². The minimum atomic E-state index is -3.47. The van der Waals surface area contributed by atoms with Crippen LogP contribution in [0.2, 0.25) is 5.02 Å². The van der Waals surface area contributed by atoms with Gasteiger partial charge in [-0.05, 0) is 31.0 Å². The maximum atomic E-state index is 12.2. The number of carboxylic acid groups (broad SMARTS) is 1. The Morgan fingerprint density at radius 2 is 2.04 bits per heavy atom. The number of hydrogen-bond donors (Lipinski definition) is 2. The second kappa shape index (κ2) is 7.61. The van der Waals surface area contributed by atoms with E-state index in [0.29, 0.717) is 30.0 Å². The van der Waals surface area contributed by atoms with E-state index >= 15 is 0 Å². The van der Waals surface area contributed by atoms with E-state index in [2.05, 4.69) is 4.72 Å². The molecule has 0 atom stereocenters. The van der Waals surface area contributed by atoms with Crippen molar-refractivity contribution in [3.05, 3.63) is 34.9 Å². The lowest BCUT2D eigenvalue weighted by atomic mass is 9.86. The lowest BCUT2D eigenvalue weighted by Crippen LogP contribution is -2.54. The van der Waals surface area contributed by atoms with Crippen molar-refractivity contribution >= 4 is 27.6 Å². The number of carboxylic acids is 1. The Morgan fingerprint density at radius 1 is 1.39 bits per heavy atom. The minimum absolute atomic E-state index is 0.0136. The number of halogens is 1. The second-order valence-corrected chi connectivity index (χ2v) is 7.91. The van der Waals surface area contributed by atoms with Crippen molar-refractivity contribution in [3.8, 4) is 0 Å². The fraction of sp³-hybridized carbons (Fsp3) is 0.533. The Hall–Kier alpha value is -1.15. The number of carbonyl (C=O) groups is 1. The molecule has 128 valence electrons. The Morgan fingerprint density at radius 3 is 2.61 bits per heavy atom. The van der Waals surface area contributed by atoms with Crippen molar-refractivity contribution in [3.63, 3.8) is 0 Å². The second-order valence-electron chi connectivity index (χ2n) is 5.75. The van der Waals surface area contributed by atoms with Crippen LogP contribution in [0.25, 0.3) is 0 Å². The van der Waals surface area contributed by atoms with E-state index in [-0.39, 0.29) is 24.4 Å². The third-order valence-electron chi connectivity index (χ3n) is 4.02. The molecule has 0 aromatic heterocycles. The van der Waals surface area contributed by atoms with Crippen molar-refractivity contribution in [2.45, 2.75) is 37.6 Å². The third kappa shape index (κ3) is 5.17. The van der Waals surface area contributed by atoms with Gasteiger partial charge in [-0.1, -0.05) is 36.7 Å². The zero-order valence-electron chi connectivity index (χ0n) is 12.9. The first kappa shape index (κ1) is 18.2. The van der Waals surface area contributed by atoms with Gasteiger partial charge in [-0.3, -0.25) is 9.69 Å². The predicted octanol–water partition coefficient (Wildman–Crippen LogP) is 1.70. The molecule has 1 aliphatic rings. The van der Waals surface area contributed by atoms with Gasteiger partial charge in [0.15, 0.2) is 0 Å². The van der Waals surface area contributed by atoms with Crippen LogP contribution >= 0.6 is 11.6 Å². The van der Waals surface area contributed by atoms with Crippen molar-refractivity contribution < 1.29 is 18.3 Å². The van der Waals surface area contributed by atoms with E-state index in [4.69, 9.17) is 16.7 Å². The van der Waals surface area contributed by atoms with Crippen molar-refractivity contribution in [2.75, 3.05) is 13.1 Å². The van der Waals surface area contributed by atoms with Crippen molar-refractivity contribution in [1.29, 1.82) is 0 Å². The zero-order chi connectivity index (χ0) is 17.0. The average molecular weight is 361 g/mol. The molecule has 0 radical (unpaired) electrons. The highest BCUT2D eigenvalue weighted by molar-refractivity contribution is 7.88. The minimum Gasteiger partial charge on any atom is -0.480 e. The molecule has 6 nitrogen and oxygen atoms in total. The van der Waals surface area contributed by atoms with E-state index in [9.17, 15) is 13.2 Å². The van der Waals surface area contributed by atoms with Crippen molar-refractivity contribution in [2.24, 2.45) is 0 Å². The summed E-state index contributed by atoms with van der Waals surface area (Å²) in [6.45, 7) is 2.52. The predicted molar refractivity (Wildman–Crippen MR) is 88.9 cm³/mol. The number of likely N-dealkylation sites (N-methyl/N-ethyl adjacent to an activating group) is 1. The molecule has 1 saturated carbocycles. The molecule has 0 bridgehead atoms. The van der Waals surface area contributed by atoms with Crippen LogP contribution in [0.15, 0.2) is 24.3 Å². The third-order valence-corrected chi connectivity index (χ3v) is 5.78. The highest BCUT2D eigenvalue weighted by Gasteiger charge is 2.36. The molecule has 0 heterocycles. The number of aliphatic carboxylic acids is 1.